The molecule has 3 aromatic carbocycles. The first-order chi connectivity index (χ1) is 16.4. The summed E-state index contributed by atoms with van der Waals surface area (Å²) in [5.41, 5.74) is 10.7. The van der Waals surface area contributed by atoms with Gasteiger partial charge in [0.2, 0.25) is 0 Å². The molecule has 34 heavy (non-hydrogen) atoms. The van der Waals surface area contributed by atoms with Crippen LogP contribution >= 0.6 is 0 Å². The topological polar surface area (TPSA) is 0 Å². The Hall–Kier alpha value is -2.16. The van der Waals surface area contributed by atoms with Crippen LogP contribution in [-0.4, -0.2) is 0 Å². The van der Waals surface area contributed by atoms with Crippen molar-refractivity contribution in [2.45, 2.75) is 62.5 Å². The number of unbranched alkanes of at least 4 members (excludes halogenated alkanes) is 4. The molecule has 3 aromatic rings. The Labute approximate surface area is 207 Å². The van der Waals surface area contributed by atoms with E-state index in [-0.39, 0.29) is 0 Å². The molecular weight excluding hydrogens is 488 g/mol. The summed E-state index contributed by atoms with van der Waals surface area (Å²) in [5.74, 6) is 2.78. The predicted molar refractivity (Wildman–Crippen MR) is 146 cm³/mol. The van der Waals surface area contributed by atoms with Crippen LogP contribution < -0.4 is 3.27 Å². The van der Waals surface area contributed by atoms with Gasteiger partial charge in [0.25, 0.3) is 0 Å². The molecule has 0 aliphatic heterocycles. The molecule has 0 bridgehead atoms. The Morgan fingerprint density at radius 3 is 2.50 bits per heavy atom. The van der Waals surface area contributed by atoms with Gasteiger partial charge in [-0.2, -0.15) is 0 Å². The van der Waals surface area contributed by atoms with Crippen molar-refractivity contribution >= 4 is 9.35 Å². The molecule has 0 heterocycles. The fraction of sp³-hybridized carbons (Fsp3) is 0.333. The molecule has 0 saturated carbocycles. The zero-order valence-electron chi connectivity index (χ0n) is 21.0. The average molecular weight is 525 g/mol. The number of benzene rings is 3. The summed E-state index contributed by atoms with van der Waals surface area (Å²) in [7, 11) is 0. The van der Waals surface area contributed by atoms with Crippen molar-refractivity contribution in [1.82, 2.24) is 0 Å². The summed E-state index contributed by atoms with van der Waals surface area (Å²) in [6.45, 7) is 0. The molecule has 0 aromatic heterocycles. The molecular formula is C33H37Zr. The van der Waals surface area contributed by atoms with Crippen molar-refractivity contribution < 1.29 is 18.8 Å². The number of hydrogen-bond acceptors (Lipinski definition) is 0. The third kappa shape index (κ3) is 4.10. The Bertz CT molecular complexity index is 1290. The summed E-state index contributed by atoms with van der Waals surface area (Å²) < 4.78 is 10.3. The first-order valence-corrected chi connectivity index (χ1v) is 23.1. The molecule has 1 heteroatoms. The molecule has 0 spiro atoms. The Morgan fingerprint density at radius 2 is 1.65 bits per heavy atom. The van der Waals surface area contributed by atoms with Crippen molar-refractivity contribution in [3.63, 3.8) is 0 Å². The normalized spacial score (nSPS) is 16.9. The quantitative estimate of drug-likeness (QED) is 0.160. The van der Waals surface area contributed by atoms with Crippen molar-refractivity contribution in [1.29, 1.82) is 0 Å². The van der Waals surface area contributed by atoms with E-state index in [1.165, 1.54) is 42.4 Å². The van der Waals surface area contributed by atoms with Gasteiger partial charge < -0.3 is 0 Å². The Morgan fingerprint density at radius 1 is 0.882 bits per heavy atom. The van der Waals surface area contributed by atoms with E-state index >= 15 is 0 Å². The van der Waals surface area contributed by atoms with E-state index in [4.69, 9.17) is 6.42 Å². The fourth-order valence-corrected chi connectivity index (χ4v) is 17.5. The zero-order chi connectivity index (χ0) is 23.8. The number of hydrogen-bond donors (Lipinski definition) is 0. The van der Waals surface area contributed by atoms with Crippen LogP contribution in [0.4, 0.5) is 0 Å². The predicted octanol–water partition coefficient (Wildman–Crippen LogP) is 8.61. The molecule has 0 saturated heterocycles. The molecule has 173 valence electrons. The summed E-state index contributed by atoms with van der Waals surface area (Å²) in [5, 5.41) is 0. The van der Waals surface area contributed by atoms with Gasteiger partial charge in [0.05, 0.1) is 0 Å². The maximum absolute atomic E-state index is 5.42. The number of aryl methyl sites for hydroxylation is 1. The molecule has 0 N–H and O–H groups in total. The standard InChI is InChI=1S/C21H21.C9H7.3CH3.Zr/c1-2-3-4-5-6-7-11-17-13-10-14-19-16-18-12-8-9-15-20(18)21(17)19;1-2-5-9-7-3-6-8(9)4-1;;;;/h1,8-10,12-13,15H,3-7,11,16H2;1-7H;3*1H3;. The van der Waals surface area contributed by atoms with E-state index in [9.17, 15) is 0 Å². The van der Waals surface area contributed by atoms with Gasteiger partial charge >= 0.3 is 209 Å². The third-order valence-corrected chi connectivity index (χ3v) is 20.9. The van der Waals surface area contributed by atoms with Crippen molar-refractivity contribution in [3.8, 4) is 23.5 Å². The fourth-order valence-electron chi connectivity index (χ4n) is 6.56. The van der Waals surface area contributed by atoms with E-state index in [0.29, 0.717) is 3.63 Å². The van der Waals surface area contributed by atoms with Crippen molar-refractivity contribution in [3.05, 3.63) is 94.6 Å². The van der Waals surface area contributed by atoms with E-state index in [1.807, 2.05) is 0 Å². The average Bonchev–Trinajstić information content (AvgIpc) is 3.43. The molecule has 0 amide bonds. The van der Waals surface area contributed by atoms with Crippen molar-refractivity contribution in [2.75, 3.05) is 0 Å². The number of allylic oxidation sites excluding steroid dienone is 1. The molecule has 0 radical (unpaired) electrons. The van der Waals surface area contributed by atoms with E-state index in [0.717, 1.165) is 19.3 Å². The molecule has 2 aliphatic rings. The van der Waals surface area contributed by atoms with Gasteiger partial charge in [0.1, 0.15) is 0 Å². The van der Waals surface area contributed by atoms with Crippen LogP contribution in [0.3, 0.4) is 0 Å². The number of fused-ring (bicyclic) bond motifs is 4. The van der Waals surface area contributed by atoms with Crippen LogP contribution in [0.1, 0.15) is 63.5 Å². The van der Waals surface area contributed by atoms with Crippen LogP contribution in [0.5, 0.6) is 0 Å². The minimum atomic E-state index is -3.38. The molecule has 0 fully saturated rings. The molecule has 2 aliphatic carbocycles. The van der Waals surface area contributed by atoms with Crippen LogP contribution in [0.2, 0.25) is 13.9 Å². The summed E-state index contributed by atoms with van der Waals surface area (Å²) in [6.07, 6.45) is 18.4. The van der Waals surface area contributed by atoms with E-state index < -0.39 is 18.8 Å². The molecule has 5 rings (SSSR count). The first kappa shape index (κ1) is 23.6. The monoisotopic (exact) mass is 523 g/mol. The Balaban J connectivity index is 1.54. The minimum absolute atomic E-state index is 0.562. The van der Waals surface area contributed by atoms with Crippen molar-refractivity contribution in [2.24, 2.45) is 0 Å². The van der Waals surface area contributed by atoms with Crippen LogP contribution in [0, 0.1) is 12.3 Å². The first-order valence-electron chi connectivity index (χ1n) is 13.1. The molecule has 1 unspecified atom stereocenters. The van der Waals surface area contributed by atoms with E-state index in [2.05, 4.69) is 92.6 Å². The summed E-state index contributed by atoms with van der Waals surface area (Å²) >= 11 is -3.38. The zero-order valence-corrected chi connectivity index (χ0v) is 23.5. The van der Waals surface area contributed by atoms with Gasteiger partial charge in [0.15, 0.2) is 0 Å². The van der Waals surface area contributed by atoms with Crippen LogP contribution in [-0.2, 0) is 31.6 Å². The van der Waals surface area contributed by atoms with Gasteiger partial charge in [-0.3, -0.25) is 0 Å². The molecule has 1 atom stereocenters. The SMILES string of the molecule is C#CCCCCCCc1cc[c]([Zr]([CH3])([CH3])([CH3])[CH]2C=Cc3ccccc32)c2c1-c1ccccc1C2. The second-order valence-corrected chi connectivity index (χ2v) is 30.7. The number of terminal acetylenes is 1. The van der Waals surface area contributed by atoms with Gasteiger partial charge in [0, 0.05) is 0 Å². The second kappa shape index (κ2) is 9.13. The third-order valence-electron chi connectivity index (χ3n) is 8.42. The summed E-state index contributed by atoms with van der Waals surface area (Å²) in [4.78, 5) is 0. The van der Waals surface area contributed by atoms with Crippen LogP contribution in [0.15, 0.2) is 66.7 Å². The van der Waals surface area contributed by atoms with Crippen LogP contribution in [0.25, 0.3) is 17.2 Å². The summed E-state index contributed by atoms with van der Waals surface area (Å²) in [6, 6.07) is 23.2. The Kier molecular flexibility index (Phi) is 6.33. The second-order valence-electron chi connectivity index (χ2n) is 11.8. The van der Waals surface area contributed by atoms with E-state index in [1.54, 1.807) is 25.5 Å². The van der Waals surface area contributed by atoms with Gasteiger partial charge in [-0.25, -0.2) is 0 Å². The number of rotatable bonds is 8. The maximum atomic E-state index is 5.42. The van der Waals surface area contributed by atoms with Gasteiger partial charge in [-0.15, -0.1) is 0 Å². The van der Waals surface area contributed by atoms with Gasteiger partial charge in [-0.05, 0) is 0 Å². The van der Waals surface area contributed by atoms with Gasteiger partial charge in [-0.1, -0.05) is 0 Å². The molecule has 0 nitrogen and oxygen atoms in total.